The number of nitrogens with zero attached hydrogens (tertiary/aromatic N) is 1. The summed E-state index contributed by atoms with van der Waals surface area (Å²) in [6.45, 7) is 11.8. The lowest BCUT2D eigenvalue weighted by Crippen LogP contribution is -2.57. The van der Waals surface area contributed by atoms with Crippen molar-refractivity contribution in [2.45, 2.75) is 58.2 Å². The minimum Gasteiger partial charge on any atom is -0.498 e. The molecule has 0 heterocycles. The molecule has 0 N–H and O–H groups in total. The molecule has 0 aromatic heterocycles. The van der Waals surface area contributed by atoms with E-state index in [1.807, 2.05) is 32.6 Å². The number of hydrogen-bond donors (Lipinski definition) is 0. The molecule has 0 aromatic carbocycles. The highest BCUT2D eigenvalue weighted by atomic mass is 16.6. The number of carbonyl (C=O) groups is 1. The summed E-state index contributed by atoms with van der Waals surface area (Å²) in [5.41, 5.74) is -0.226. The molecule has 4 nitrogen and oxygen atoms in total. The molecule has 0 spiro atoms. The van der Waals surface area contributed by atoms with E-state index in [0.717, 1.165) is 12.8 Å². The van der Waals surface area contributed by atoms with Crippen molar-refractivity contribution < 1.29 is 14.3 Å². The van der Waals surface area contributed by atoms with E-state index < -0.39 is 0 Å². The fourth-order valence-electron chi connectivity index (χ4n) is 2.16. The van der Waals surface area contributed by atoms with Crippen LogP contribution >= 0.6 is 0 Å². The van der Waals surface area contributed by atoms with Gasteiger partial charge in [-0.25, -0.2) is 4.79 Å². The van der Waals surface area contributed by atoms with Crippen molar-refractivity contribution in [2.75, 3.05) is 6.61 Å². The van der Waals surface area contributed by atoms with Crippen LogP contribution in [0.15, 0.2) is 12.8 Å². The molecule has 0 bridgehead atoms. The largest absolute Gasteiger partial charge is 0.498 e. The normalized spacial score (nSPS) is 23.5. The molecule has 4 heteroatoms. The molecule has 1 rings (SSSR count). The molecule has 0 aromatic rings. The number of hydrogen-bond acceptors (Lipinski definition) is 3. The highest BCUT2D eigenvalue weighted by Crippen LogP contribution is 2.33. The van der Waals surface area contributed by atoms with Gasteiger partial charge in [0, 0.05) is 24.4 Å². The highest BCUT2D eigenvalue weighted by Gasteiger charge is 2.42. The second-order valence-corrected chi connectivity index (χ2v) is 5.29. The first-order chi connectivity index (χ1) is 7.90. The fourth-order valence-corrected chi connectivity index (χ4v) is 2.16. The lowest BCUT2D eigenvalue weighted by molar-refractivity contribution is -0.0367. The predicted molar refractivity (Wildman–Crippen MR) is 66.7 cm³/mol. The number of rotatable bonds is 4. The molecule has 0 unspecified atom stereocenters. The standard InChI is InChI=1S/C13H23NO3/c1-6-16-11-8-10(9-11)14(13(3,4)5)12(15)17-7-2/h6,10-11H,1,7-9H2,2-5H3. The van der Waals surface area contributed by atoms with E-state index in [1.165, 1.54) is 6.26 Å². The Morgan fingerprint density at radius 2 is 2.06 bits per heavy atom. The van der Waals surface area contributed by atoms with Crippen molar-refractivity contribution >= 4 is 6.09 Å². The predicted octanol–water partition coefficient (Wildman–Crippen LogP) is 2.93. The van der Waals surface area contributed by atoms with Gasteiger partial charge >= 0.3 is 6.09 Å². The van der Waals surface area contributed by atoms with Gasteiger partial charge < -0.3 is 14.4 Å². The summed E-state index contributed by atoms with van der Waals surface area (Å²) in [4.78, 5) is 13.8. The second-order valence-electron chi connectivity index (χ2n) is 5.29. The smallest absolute Gasteiger partial charge is 0.410 e. The van der Waals surface area contributed by atoms with Gasteiger partial charge in [0.1, 0.15) is 6.10 Å². The lowest BCUT2D eigenvalue weighted by atomic mass is 9.85. The number of amides is 1. The van der Waals surface area contributed by atoms with E-state index in [-0.39, 0.29) is 23.8 Å². The highest BCUT2D eigenvalue weighted by molar-refractivity contribution is 5.69. The third kappa shape index (κ3) is 3.38. The molecule has 0 radical (unpaired) electrons. The molecule has 17 heavy (non-hydrogen) atoms. The van der Waals surface area contributed by atoms with Crippen molar-refractivity contribution in [3.05, 3.63) is 12.8 Å². The van der Waals surface area contributed by atoms with Crippen LogP contribution in [0.3, 0.4) is 0 Å². The third-order valence-electron chi connectivity index (χ3n) is 2.91. The Labute approximate surface area is 104 Å². The van der Waals surface area contributed by atoms with E-state index >= 15 is 0 Å². The first-order valence-corrected chi connectivity index (χ1v) is 6.12. The Hall–Kier alpha value is -1.19. The Morgan fingerprint density at radius 1 is 1.47 bits per heavy atom. The maximum Gasteiger partial charge on any atom is 0.410 e. The zero-order chi connectivity index (χ0) is 13.1. The van der Waals surface area contributed by atoms with E-state index in [9.17, 15) is 4.79 Å². The van der Waals surface area contributed by atoms with E-state index in [0.29, 0.717) is 6.61 Å². The molecule has 1 fully saturated rings. The maximum absolute atomic E-state index is 11.9. The summed E-state index contributed by atoms with van der Waals surface area (Å²) in [5, 5.41) is 0. The van der Waals surface area contributed by atoms with Crippen LogP contribution in [-0.2, 0) is 9.47 Å². The van der Waals surface area contributed by atoms with Crippen LogP contribution in [0.5, 0.6) is 0 Å². The van der Waals surface area contributed by atoms with Gasteiger partial charge in [-0.2, -0.15) is 0 Å². The zero-order valence-electron chi connectivity index (χ0n) is 11.2. The topological polar surface area (TPSA) is 38.8 Å². The SMILES string of the molecule is C=COC1CC(N(C(=O)OCC)C(C)(C)C)C1. The maximum atomic E-state index is 11.9. The monoisotopic (exact) mass is 241 g/mol. The van der Waals surface area contributed by atoms with Gasteiger partial charge in [0.15, 0.2) is 0 Å². The van der Waals surface area contributed by atoms with Crippen LogP contribution in [0, 0.1) is 0 Å². The van der Waals surface area contributed by atoms with Gasteiger partial charge in [-0.05, 0) is 27.7 Å². The molecule has 0 atom stereocenters. The van der Waals surface area contributed by atoms with Crippen LogP contribution < -0.4 is 0 Å². The second kappa shape index (κ2) is 5.43. The quantitative estimate of drug-likeness (QED) is 0.710. The van der Waals surface area contributed by atoms with Crippen LogP contribution in [-0.4, -0.2) is 35.3 Å². The lowest BCUT2D eigenvalue weighted by Gasteiger charge is -2.47. The molecule has 98 valence electrons. The molecule has 1 aliphatic carbocycles. The Bertz CT molecular complexity index is 277. The van der Waals surface area contributed by atoms with E-state index in [4.69, 9.17) is 9.47 Å². The Balaban J connectivity index is 2.61. The molecular formula is C13H23NO3. The molecule has 1 amide bonds. The summed E-state index contributed by atoms with van der Waals surface area (Å²) in [7, 11) is 0. The summed E-state index contributed by atoms with van der Waals surface area (Å²) >= 11 is 0. The molecule has 0 saturated heterocycles. The average molecular weight is 241 g/mol. The number of carbonyl (C=O) groups excluding carboxylic acids is 1. The van der Waals surface area contributed by atoms with Crippen molar-refractivity contribution in [2.24, 2.45) is 0 Å². The zero-order valence-corrected chi connectivity index (χ0v) is 11.2. The van der Waals surface area contributed by atoms with Crippen LogP contribution in [0.2, 0.25) is 0 Å². The van der Waals surface area contributed by atoms with Crippen LogP contribution in [0.1, 0.15) is 40.5 Å². The fraction of sp³-hybridized carbons (Fsp3) is 0.769. The minimum atomic E-state index is -0.234. The molecule has 1 saturated carbocycles. The summed E-state index contributed by atoms with van der Waals surface area (Å²) in [6.07, 6.45) is 3.12. The molecular weight excluding hydrogens is 218 g/mol. The van der Waals surface area contributed by atoms with Crippen molar-refractivity contribution in [3.8, 4) is 0 Å². The Kier molecular flexibility index (Phi) is 4.43. The molecule has 0 aliphatic heterocycles. The van der Waals surface area contributed by atoms with E-state index in [1.54, 1.807) is 0 Å². The Morgan fingerprint density at radius 3 is 2.47 bits per heavy atom. The molecule has 1 aliphatic rings. The summed E-state index contributed by atoms with van der Waals surface area (Å²) in [6, 6.07) is 0.207. The van der Waals surface area contributed by atoms with Crippen molar-refractivity contribution in [1.82, 2.24) is 4.90 Å². The van der Waals surface area contributed by atoms with Crippen LogP contribution in [0.25, 0.3) is 0 Å². The van der Waals surface area contributed by atoms with Gasteiger partial charge in [0.25, 0.3) is 0 Å². The van der Waals surface area contributed by atoms with Crippen molar-refractivity contribution in [1.29, 1.82) is 0 Å². The first-order valence-electron chi connectivity index (χ1n) is 6.12. The summed E-state index contributed by atoms with van der Waals surface area (Å²) in [5.74, 6) is 0. The van der Waals surface area contributed by atoms with Gasteiger partial charge in [-0.3, -0.25) is 0 Å². The first kappa shape index (κ1) is 13.9. The average Bonchev–Trinajstić information content (AvgIpc) is 2.12. The minimum absolute atomic E-state index is 0.191. The van der Waals surface area contributed by atoms with Gasteiger partial charge in [-0.15, -0.1) is 0 Å². The van der Waals surface area contributed by atoms with Crippen LogP contribution in [0.4, 0.5) is 4.79 Å². The summed E-state index contributed by atoms with van der Waals surface area (Å²) < 4.78 is 10.4. The van der Waals surface area contributed by atoms with Crippen molar-refractivity contribution in [3.63, 3.8) is 0 Å². The third-order valence-corrected chi connectivity index (χ3v) is 2.91. The van der Waals surface area contributed by atoms with Gasteiger partial charge in [-0.1, -0.05) is 6.58 Å². The van der Waals surface area contributed by atoms with Gasteiger partial charge in [0.2, 0.25) is 0 Å². The number of ether oxygens (including phenoxy) is 2. The van der Waals surface area contributed by atoms with E-state index in [2.05, 4.69) is 6.58 Å². The van der Waals surface area contributed by atoms with Gasteiger partial charge in [0.05, 0.1) is 12.9 Å².